The molecule has 2 aliphatic rings. The summed E-state index contributed by atoms with van der Waals surface area (Å²) in [5.74, 6) is 1.43. The Labute approximate surface area is 171 Å². The molecule has 0 aliphatic carbocycles. The highest BCUT2D eigenvalue weighted by Gasteiger charge is 2.24. The number of carbonyl (C=O) groups excluding carboxylic acids is 1. The van der Waals surface area contributed by atoms with Gasteiger partial charge in [0.05, 0.1) is 0 Å². The Morgan fingerprint density at radius 1 is 1.21 bits per heavy atom. The van der Waals surface area contributed by atoms with E-state index in [1.54, 1.807) is 6.20 Å². The number of fused-ring (bicyclic) bond motifs is 1. The van der Waals surface area contributed by atoms with Crippen LogP contribution < -0.4 is 5.32 Å². The summed E-state index contributed by atoms with van der Waals surface area (Å²) in [5.41, 5.74) is 1.02. The first-order valence-corrected chi connectivity index (χ1v) is 10.2. The summed E-state index contributed by atoms with van der Waals surface area (Å²) in [4.78, 5) is 21.2. The van der Waals surface area contributed by atoms with Crippen molar-refractivity contribution in [1.82, 2.24) is 14.8 Å². The number of piperidine rings is 1. The molecule has 1 aromatic carbocycles. The number of nitrogens with zero attached hydrogens (tertiary/aromatic N) is 3. The Morgan fingerprint density at radius 3 is 2.72 bits per heavy atom. The third-order valence-electron chi connectivity index (χ3n) is 5.67. The Morgan fingerprint density at radius 2 is 2.00 bits per heavy atom. The van der Waals surface area contributed by atoms with Crippen molar-refractivity contribution in [3.8, 4) is 0 Å². The number of likely N-dealkylation sites (tertiary alicyclic amines) is 1. The molecule has 2 aromatic rings. The number of amides is 2. The molecule has 2 aliphatic heterocycles. The van der Waals surface area contributed by atoms with Crippen molar-refractivity contribution in [2.45, 2.75) is 31.9 Å². The smallest absolute Gasteiger partial charge is 0.323 e. The number of hydrogen-bond donors (Lipinski definition) is 1. The van der Waals surface area contributed by atoms with Crippen LogP contribution in [0.1, 0.15) is 25.3 Å². The molecule has 1 fully saturated rings. The summed E-state index contributed by atoms with van der Waals surface area (Å²) in [6, 6.07) is 8.53. The maximum atomic E-state index is 12.7. The quantitative estimate of drug-likeness (QED) is 0.854. The summed E-state index contributed by atoms with van der Waals surface area (Å²) in [7, 11) is 4.19. The number of hydrogen-bond acceptors (Lipinski definition) is 4. The van der Waals surface area contributed by atoms with Crippen LogP contribution in [0.5, 0.6) is 0 Å². The molecule has 152 valence electrons. The second kappa shape index (κ2) is 8.25. The molecule has 0 bridgehead atoms. The van der Waals surface area contributed by atoms with Gasteiger partial charge in [0.2, 0.25) is 0 Å². The number of carbonyl (C=O) groups is 1. The van der Waals surface area contributed by atoms with Crippen molar-refractivity contribution in [1.29, 1.82) is 0 Å². The van der Waals surface area contributed by atoms with Gasteiger partial charge in [0.1, 0.15) is 17.7 Å². The van der Waals surface area contributed by atoms with E-state index < -0.39 is 0 Å². The van der Waals surface area contributed by atoms with Gasteiger partial charge in [-0.2, -0.15) is 0 Å². The summed E-state index contributed by atoms with van der Waals surface area (Å²) in [5, 5.41) is 5.00. The zero-order valence-electron chi connectivity index (χ0n) is 17.3. The lowest BCUT2D eigenvalue weighted by Gasteiger charge is -2.35. The van der Waals surface area contributed by atoms with Crippen LogP contribution in [0.4, 0.5) is 10.6 Å². The van der Waals surface area contributed by atoms with Gasteiger partial charge in [-0.25, -0.2) is 9.78 Å². The molecule has 1 N–H and O–H groups in total. The van der Waals surface area contributed by atoms with Gasteiger partial charge in [0, 0.05) is 36.3 Å². The fourth-order valence-electron chi connectivity index (χ4n) is 3.88. The molecule has 29 heavy (non-hydrogen) atoms. The van der Waals surface area contributed by atoms with E-state index in [-0.39, 0.29) is 12.1 Å². The highest BCUT2D eigenvalue weighted by molar-refractivity contribution is 5.92. The van der Waals surface area contributed by atoms with Gasteiger partial charge in [0.15, 0.2) is 0 Å². The van der Waals surface area contributed by atoms with Crippen LogP contribution in [-0.2, 0) is 4.74 Å². The van der Waals surface area contributed by atoms with Crippen molar-refractivity contribution in [2.75, 3.05) is 32.5 Å². The molecule has 4 rings (SSSR count). The van der Waals surface area contributed by atoms with Gasteiger partial charge < -0.3 is 14.5 Å². The number of ether oxygens (including phenoxy) is 1. The zero-order chi connectivity index (χ0) is 20.4. The number of anilines is 1. The molecule has 3 heterocycles. The van der Waals surface area contributed by atoms with Crippen LogP contribution in [0.25, 0.3) is 16.5 Å². The third-order valence-corrected chi connectivity index (χ3v) is 5.67. The lowest BCUT2D eigenvalue weighted by Crippen LogP contribution is -2.46. The average Bonchev–Trinajstić information content (AvgIpc) is 2.73. The van der Waals surface area contributed by atoms with Crippen molar-refractivity contribution in [2.24, 2.45) is 0 Å². The van der Waals surface area contributed by atoms with Crippen molar-refractivity contribution in [3.05, 3.63) is 54.3 Å². The topological polar surface area (TPSA) is 57.7 Å². The summed E-state index contributed by atoms with van der Waals surface area (Å²) >= 11 is 0. The molecular formula is C23H28N4O2. The van der Waals surface area contributed by atoms with E-state index in [1.807, 2.05) is 48.3 Å². The van der Waals surface area contributed by atoms with E-state index in [1.165, 1.54) is 0 Å². The lowest BCUT2D eigenvalue weighted by atomic mass is 10.0. The molecule has 0 radical (unpaired) electrons. The molecule has 0 spiro atoms. The first-order valence-electron chi connectivity index (χ1n) is 10.2. The van der Waals surface area contributed by atoms with E-state index in [9.17, 15) is 4.79 Å². The average molecular weight is 393 g/mol. The zero-order valence-corrected chi connectivity index (χ0v) is 17.3. The van der Waals surface area contributed by atoms with E-state index >= 15 is 0 Å². The van der Waals surface area contributed by atoms with E-state index in [2.05, 4.69) is 35.4 Å². The summed E-state index contributed by atoms with van der Waals surface area (Å²) < 4.78 is 5.90. The standard InChI is InChI=1S/C23H28N4O2/c1-16-5-4-6-21(29-16)17-7-8-18-15-24-22(14-19(18)13-17)25-23(28)27-11-9-20(10-12-27)26(2)3/h4-8,13-16,20H,9-12H2,1-3H3,(H,24,25,28). The minimum absolute atomic E-state index is 0.0645. The van der Waals surface area contributed by atoms with Gasteiger partial charge in [-0.1, -0.05) is 18.2 Å². The molecule has 1 atom stereocenters. The van der Waals surface area contributed by atoms with Crippen LogP contribution in [0.3, 0.4) is 0 Å². The maximum absolute atomic E-state index is 12.7. The Hall–Kier alpha value is -2.86. The highest BCUT2D eigenvalue weighted by atomic mass is 16.5. The molecule has 6 heteroatoms. The van der Waals surface area contributed by atoms with Crippen molar-refractivity contribution >= 4 is 28.4 Å². The van der Waals surface area contributed by atoms with Gasteiger partial charge >= 0.3 is 6.03 Å². The first kappa shape index (κ1) is 19.5. The Bertz CT molecular complexity index is 959. The number of aromatic nitrogens is 1. The fourth-order valence-corrected chi connectivity index (χ4v) is 3.88. The number of rotatable bonds is 3. The first-order chi connectivity index (χ1) is 14.0. The number of allylic oxidation sites excluding steroid dienone is 2. The molecule has 1 aromatic heterocycles. The van der Waals surface area contributed by atoms with Gasteiger partial charge in [-0.15, -0.1) is 0 Å². The largest absolute Gasteiger partial charge is 0.486 e. The van der Waals surface area contributed by atoms with Gasteiger partial charge in [0.25, 0.3) is 0 Å². The fraction of sp³-hybridized carbons (Fsp3) is 0.391. The number of nitrogens with one attached hydrogen (secondary N) is 1. The predicted octanol–water partition coefficient (Wildman–Crippen LogP) is 4.11. The number of benzene rings is 1. The SMILES string of the molecule is CC1C=CC=C(c2ccc3cnc(NC(=O)N4CCC(N(C)C)CC4)cc3c2)O1. The number of pyridine rings is 1. The van der Waals surface area contributed by atoms with E-state index in [0.29, 0.717) is 11.9 Å². The molecule has 1 unspecified atom stereocenters. The van der Waals surface area contributed by atoms with E-state index in [4.69, 9.17) is 4.74 Å². The Kier molecular flexibility index (Phi) is 5.53. The molecule has 1 saturated heterocycles. The van der Waals surface area contributed by atoms with E-state index in [0.717, 1.165) is 48.0 Å². The van der Waals surface area contributed by atoms with Crippen LogP contribution in [-0.4, -0.2) is 60.1 Å². The Balaban J connectivity index is 1.47. The minimum atomic E-state index is -0.0810. The molecule has 0 saturated carbocycles. The van der Waals surface area contributed by atoms with Gasteiger partial charge in [-0.05, 0) is 63.5 Å². The highest BCUT2D eigenvalue weighted by Crippen LogP contribution is 2.26. The summed E-state index contributed by atoms with van der Waals surface area (Å²) in [6.45, 7) is 3.55. The normalized spacial score (nSPS) is 19.9. The second-order valence-electron chi connectivity index (χ2n) is 7.98. The van der Waals surface area contributed by atoms with Crippen LogP contribution in [0, 0.1) is 0 Å². The minimum Gasteiger partial charge on any atom is -0.486 e. The molecule has 6 nitrogen and oxygen atoms in total. The second-order valence-corrected chi connectivity index (χ2v) is 7.98. The molecular weight excluding hydrogens is 364 g/mol. The van der Waals surface area contributed by atoms with Crippen molar-refractivity contribution in [3.63, 3.8) is 0 Å². The predicted molar refractivity (Wildman–Crippen MR) is 117 cm³/mol. The number of urea groups is 1. The van der Waals surface area contributed by atoms with Crippen LogP contribution >= 0.6 is 0 Å². The molecule has 2 amide bonds. The van der Waals surface area contributed by atoms with Crippen molar-refractivity contribution < 1.29 is 9.53 Å². The lowest BCUT2D eigenvalue weighted by molar-refractivity contribution is 0.156. The summed E-state index contributed by atoms with van der Waals surface area (Å²) in [6.07, 6.45) is 9.87. The van der Waals surface area contributed by atoms with Crippen LogP contribution in [0.2, 0.25) is 0 Å². The van der Waals surface area contributed by atoms with Gasteiger partial charge in [-0.3, -0.25) is 5.32 Å². The maximum Gasteiger partial charge on any atom is 0.323 e. The third kappa shape index (κ3) is 4.43. The van der Waals surface area contributed by atoms with Crippen LogP contribution in [0.15, 0.2) is 48.7 Å². The monoisotopic (exact) mass is 392 g/mol.